The SMILES string of the molecule is C=C/C=C(\CC)CC=O.CCCCCN.N.O.OC1C=CC=CC1. The lowest BCUT2D eigenvalue weighted by Crippen LogP contribution is -2.00. The van der Waals surface area contributed by atoms with E-state index in [0.29, 0.717) is 6.42 Å². The maximum atomic E-state index is 9.97. The van der Waals surface area contributed by atoms with Crippen LogP contribution in [0.5, 0.6) is 0 Å². The molecule has 142 valence electrons. The van der Waals surface area contributed by atoms with Gasteiger partial charge in [-0.25, -0.2) is 0 Å². The van der Waals surface area contributed by atoms with Crippen molar-refractivity contribution < 1.29 is 15.4 Å². The highest BCUT2D eigenvalue weighted by molar-refractivity contribution is 5.54. The fourth-order valence-corrected chi connectivity index (χ4v) is 1.57. The summed E-state index contributed by atoms with van der Waals surface area (Å²) >= 11 is 0. The minimum absolute atomic E-state index is 0. The number of nitrogens with two attached hydrogens (primary N) is 1. The second-order valence-corrected chi connectivity index (χ2v) is 4.90. The van der Waals surface area contributed by atoms with Gasteiger partial charge in [0.2, 0.25) is 0 Å². The third kappa shape index (κ3) is 25.4. The van der Waals surface area contributed by atoms with Crippen LogP contribution in [0.3, 0.4) is 0 Å². The molecule has 1 rings (SSSR count). The van der Waals surface area contributed by atoms with Crippen LogP contribution in [0.1, 0.15) is 52.4 Å². The average molecular weight is 343 g/mol. The lowest BCUT2D eigenvalue weighted by molar-refractivity contribution is -0.107. The van der Waals surface area contributed by atoms with Crippen molar-refractivity contribution in [3.05, 3.63) is 48.6 Å². The fourth-order valence-electron chi connectivity index (χ4n) is 1.57. The summed E-state index contributed by atoms with van der Waals surface area (Å²) in [4.78, 5) is 9.97. The maximum absolute atomic E-state index is 9.97. The van der Waals surface area contributed by atoms with Crippen LogP contribution in [-0.2, 0) is 4.79 Å². The molecule has 0 aromatic rings. The summed E-state index contributed by atoms with van der Waals surface area (Å²) in [6.07, 6.45) is 17.8. The third-order valence-corrected chi connectivity index (χ3v) is 2.92. The smallest absolute Gasteiger partial charge is 0.124 e. The summed E-state index contributed by atoms with van der Waals surface area (Å²) < 4.78 is 0. The Morgan fingerprint density at radius 3 is 2.25 bits per heavy atom. The molecule has 0 saturated heterocycles. The van der Waals surface area contributed by atoms with E-state index in [0.717, 1.165) is 31.2 Å². The Labute approximate surface area is 147 Å². The van der Waals surface area contributed by atoms with Crippen molar-refractivity contribution in [3.63, 3.8) is 0 Å². The van der Waals surface area contributed by atoms with Gasteiger partial charge in [-0.15, -0.1) is 0 Å². The molecule has 0 saturated carbocycles. The van der Waals surface area contributed by atoms with Gasteiger partial charge in [-0.05, 0) is 25.8 Å². The van der Waals surface area contributed by atoms with Crippen molar-refractivity contribution in [3.8, 4) is 0 Å². The van der Waals surface area contributed by atoms with E-state index in [9.17, 15) is 4.79 Å². The van der Waals surface area contributed by atoms with Crippen molar-refractivity contribution in [1.29, 1.82) is 0 Å². The molecule has 0 fully saturated rings. The Morgan fingerprint density at radius 1 is 1.33 bits per heavy atom. The Kier molecular flexibility index (Phi) is 33.4. The summed E-state index contributed by atoms with van der Waals surface area (Å²) in [6, 6.07) is 0. The summed E-state index contributed by atoms with van der Waals surface area (Å²) in [6.45, 7) is 8.60. The van der Waals surface area contributed by atoms with Gasteiger partial charge in [-0.2, -0.15) is 0 Å². The van der Waals surface area contributed by atoms with E-state index in [2.05, 4.69) is 13.5 Å². The Hall–Kier alpha value is -1.53. The monoisotopic (exact) mass is 342 g/mol. The molecule has 0 aliphatic heterocycles. The first-order chi connectivity index (χ1) is 10.7. The average Bonchev–Trinajstić information content (AvgIpc) is 2.54. The van der Waals surface area contributed by atoms with Crippen molar-refractivity contribution in [2.45, 2.75) is 58.5 Å². The first-order valence-corrected chi connectivity index (χ1v) is 8.11. The number of hydrogen-bond acceptors (Lipinski definition) is 4. The fraction of sp³-hybridized carbons (Fsp3) is 0.526. The standard InChI is InChI=1S/C8H12O.C6H8O.C5H13N.H3N.H2O/c1-3-5-8(4-2)6-7-9;7-6-4-2-1-3-5-6;1-2-3-4-5-6;;/h3,5,7H,1,4,6H2,2H3;1-4,6-7H,5H2;2-6H2,1H3;1H3;1H2/b8-5+;;;;. The highest BCUT2D eigenvalue weighted by Gasteiger charge is 1.95. The van der Waals surface area contributed by atoms with Crippen LogP contribution in [0.2, 0.25) is 0 Å². The molecule has 0 aromatic heterocycles. The summed E-state index contributed by atoms with van der Waals surface area (Å²) in [5, 5.41) is 8.77. The Bertz CT molecular complexity index is 347. The second kappa shape index (κ2) is 26.4. The second-order valence-electron chi connectivity index (χ2n) is 4.90. The van der Waals surface area contributed by atoms with Gasteiger partial charge in [0.25, 0.3) is 0 Å². The molecule has 5 heteroatoms. The molecule has 1 aliphatic carbocycles. The van der Waals surface area contributed by atoms with Gasteiger partial charge in [0.1, 0.15) is 6.29 Å². The Balaban J connectivity index is -0.000000122. The zero-order valence-corrected chi connectivity index (χ0v) is 15.4. The molecule has 0 aromatic carbocycles. The van der Waals surface area contributed by atoms with Crippen LogP contribution in [0, 0.1) is 0 Å². The van der Waals surface area contributed by atoms with Gasteiger partial charge in [0.15, 0.2) is 0 Å². The van der Waals surface area contributed by atoms with Crippen molar-refractivity contribution >= 4 is 6.29 Å². The van der Waals surface area contributed by atoms with E-state index in [-0.39, 0.29) is 17.7 Å². The summed E-state index contributed by atoms with van der Waals surface area (Å²) in [7, 11) is 0. The molecule has 24 heavy (non-hydrogen) atoms. The van der Waals surface area contributed by atoms with Crippen molar-refractivity contribution in [2.24, 2.45) is 5.73 Å². The van der Waals surface area contributed by atoms with Crippen LogP contribution in [0.4, 0.5) is 0 Å². The summed E-state index contributed by atoms with van der Waals surface area (Å²) in [5.74, 6) is 0. The van der Waals surface area contributed by atoms with Crippen molar-refractivity contribution in [1.82, 2.24) is 6.15 Å². The lowest BCUT2D eigenvalue weighted by atomic mass is 10.1. The van der Waals surface area contributed by atoms with Crippen LogP contribution < -0.4 is 11.9 Å². The first kappa shape index (κ1) is 30.4. The number of unbranched alkanes of at least 4 members (excludes halogenated alkanes) is 2. The zero-order valence-electron chi connectivity index (χ0n) is 15.4. The number of aliphatic hydroxyl groups excluding tert-OH is 1. The van der Waals surface area contributed by atoms with E-state index in [1.54, 1.807) is 12.2 Å². The highest BCUT2D eigenvalue weighted by atomic mass is 16.3. The molecule has 0 spiro atoms. The first-order valence-electron chi connectivity index (χ1n) is 8.11. The third-order valence-electron chi connectivity index (χ3n) is 2.92. The molecule has 1 unspecified atom stereocenters. The van der Waals surface area contributed by atoms with Gasteiger partial charge in [0.05, 0.1) is 6.10 Å². The molecule has 0 heterocycles. The lowest BCUT2D eigenvalue weighted by Gasteiger charge is -2.01. The maximum Gasteiger partial charge on any atom is 0.124 e. The molecule has 1 atom stereocenters. The predicted octanol–water partition coefficient (Wildman–Crippen LogP) is 3.43. The molecule has 0 bridgehead atoms. The highest BCUT2D eigenvalue weighted by Crippen LogP contribution is 2.03. The minimum atomic E-state index is -0.231. The van der Waals surface area contributed by atoms with Crippen LogP contribution in [0.25, 0.3) is 0 Å². The van der Waals surface area contributed by atoms with Gasteiger partial charge in [-0.3, -0.25) is 0 Å². The Morgan fingerprint density at radius 2 is 2.00 bits per heavy atom. The quantitative estimate of drug-likeness (QED) is 0.371. The number of rotatable bonds is 7. The number of carbonyl (C=O) groups is 1. The normalized spacial score (nSPS) is 14.7. The number of carbonyl (C=O) groups excluding carboxylic acids is 1. The predicted molar refractivity (Wildman–Crippen MR) is 105 cm³/mol. The van der Waals surface area contributed by atoms with Crippen LogP contribution in [-0.4, -0.2) is 29.5 Å². The number of hydrogen-bond donors (Lipinski definition) is 3. The van der Waals surface area contributed by atoms with Crippen LogP contribution in [0.15, 0.2) is 48.6 Å². The molecular weight excluding hydrogens is 304 g/mol. The van der Waals surface area contributed by atoms with Gasteiger partial charge < -0.3 is 27.3 Å². The van der Waals surface area contributed by atoms with Gasteiger partial charge >= 0.3 is 0 Å². The molecule has 0 radical (unpaired) electrons. The van der Waals surface area contributed by atoms with Crippen LogP contribution >= 0.6 is 0 Å². The minimum Gasteiger partial charge on any atom is -0.412 e. The van der Waals surface area contributed by atoms with Gasteiger partial charge in [0, 0.05) is 6.42 Å². The molecule has 5 nitrogen and oxygen atoms in total. The zero-order chi connectivity index (χ0) is 17.1. The number of aliphatic hydroxyl groups is 1. The van der Waals surface area contributed by atoms with E-state index in [1.165, 1.54) is 19.3 Å². The number of allylic oxidation sites excluding steroid dienone is 5. The van der Waals surface area contributed by atoms with E-state index < -0.39 is 0 Å². The molecular formula is C19H38N2O3. The number of aldehydes is 1. The van der Waals surface area contributed by atoms with Crippen molar-refractivity contribution in [2.75, 3.05) is 6.54 Å². The largest absolute Gasteiger partial charge is 0.412 e. The molecule has 1 aliphatic rings. The van der Waals surface area contributed by atoms with E-state index >= 15 is 0 Å². The topological polar surface area (TPSA) is 130 Å². The molecule has 0 amide bonds. The van der Waals surface area contributed by atoms with Gasteiger partial charge in [-0.1, -0.05) is 75.3 Å². The van der Waals surface area contributed by atoms with E-state index in [4.69, 9.17) is 10.8 Å². The molecule has 8 N–H and O–H groups in total. The van der Waals surface area contributed by atoms with E-state index in [1.807, 2.05) is 31.2 Å². The summed E-state index contributed by atoms with van der Waals surface area (Å²) in [5.41, 5.74) is 6.35.